The molecule has 0 amide bonds. The fraction of sp³-hybridized carbons (Fsp3) is 0.300. The zero-order chi connectivity index (χ0) is 9.60. The van der Waals surface area contributed by atoms with Crippen LogP contribution in [0.15, 0.2) is 24.5 Å². The first-order valence-electron chi connectivity index (χ1n) is 4.65. The van der Waals surface area contributed by atoms with Crippen LogP contribution in [0.5, 0.6) is 0 Å². The van der Waals surface area contributed by atoms with E-state index in [1.807, 2.05) is 18.2 Å². The van der Waals surface area contributed by atoms with Crippen LogP contribution in [0.25, 0.3) is 11.0 Å². The number of nitrogens with zero attached hydrogens (tertiary/aromatic N) is 1. The lowest BCUT2D eigenvalue weighted by Crippen LogP contribution is -2.56. The Bertz CT molecular complexity index is 473. The van der Waals surface area contributed by atoms with E-state index in [9.17, 15) is 5.11 Å². The van der Waals surface area contributed by atoms with Crippen molar-refractivity contribution in [2.75, 3.05) is 13.1 Å². The summed E-state index contributed by atoms with van der Waals surface area (Å²) in [6.07, 6.45) is 1.66. The van der Waals surface area contributed by atoms with Crippen LogP contribution in [-0.4, -0.2) is 28.2 Å². The molecule has 1 aromatic carbocycles. The molecule has 3 rings (SSSR count). The van der Waals surface area contributed by atoms with Gasteiger partial charge in [-0.05, 0) is 17.7 Å². The van der Waals surface area contributed by atoms with E-state index in [1.165, 1.54) is 0 Å². The zero-order valence-corrected chi connectivity index (χ0v) is 7.62. The van der Waals surface area contributed by atoms with Gasteiger partial charge in [-0.25, -0.2) is 4.98 Å². The van der Waals surface area contributed by atoms with Gasteiger partial charge in [0.2, 0.25) is 0 Å². The predicted octanol–water partition coefficient (Wildman–Crippen LogP) is 0.354. The maximum Gasteiger partial charge on any atom is 0.114 e. The first-order chi connectivity index (χ1) is 6.78. The fourth-order valence-corrected chi connectivity index (χ4v) is 1.79. The summed E-state index contributed by atoms with van der Waals surface area (Å²) in [6.45, 7) is 1.26. The van der Waals surface area contributed by atoms with Gasteiger partial charge in [0.1, 0.15) is 5.60 Å². The van der Waals surface area contributed by atoms with Gasteiger partial charge in [0.05, 0.1) is 17.4 Å². The third kappa shape index (κ3) is 0.981. The number of imidazole rings is 1. The van der Waals surface area contributed by atoms with Crippen molar-refractivity contribution in [2.24, 2.45) is 0 Å². The average molecular weight is 189 g/mol. The lowest BCUT2D eigenvalue weighted by molar-refractivity contribution is -0.0145. The van der Waals surface area contributed by atoms with Gasteiger partial charge in [-0.15, -0.1) is 0 Å². The summed E-state index contributed by atoms with van der Waals surface area (Å²) in [7, 11) is 0. The molecule has 14 heavy (non-hydrogen) atoms. The number of benzene rings is 1. The minimum absolute atomic E-state index is 0.632. The van der Waals surface area contributed by atoms with E-state index in [2.05, 4.69) is 15.3 Å². The standard InChI is InChI=1S/C10H11N3O/c14-10(4-11-5-10)7-1-2-8-9(3-7)13-6-12-8/h1-3,6,11,14H,4-5H2,(H,12,13). The summed E-state index contributed by atoms with van der Waals surface area (Å²) >= 11 is 0. The van der Waals surface area contributed by atoms with Gasteiger partial charge in [-0.3, -0.25) is 0 Å². The van der Waals surface area contributed by atoms with E-state index in [0.717, 1.165) is 16.6 Å². The number of fused-ring (bicyclic) bond motifs is 1. The Hall–Kier alpha value is -1.39. The van der Waals surface area contributed by atoms with Crippen molar-refractivity contribution in [3.63, 3.8) is 0 Å². The van der Waals surface area contributed by atoms with Crippen molar-refractivity contribution in [3.8, 4) is 0 Å². The molecule has 0 atom stereocenters. The number of β-amino-alcohol motifs (C(OH)–C–C–N with tert-alkyl or cyclic N) is 1. The zero-order valence-electron chi connectivity index (χ0n) is 7.62. The summed E-state index contributed by atoms with van der Waals surface area (Å²) in [4.78, 5) is 7.17. The van der Waals surface area contributed by atoms with Crippen LogP contribution in [0.4, 0.5) is 0 Å². The number of hydrogen-bond acceptors (Lipinski definition) is 3. The van der Waals surface area contributed by atoms with E-state index in [1.54, 1.807) is 6.33 Å². The number of aliphatic hydroxyl groups is 1. The summed E-state index contributed by atoms with van der Waals surface area (Å²) in [6, 6.07) is 5.82. The minimum Gasteiger partial charge on any atom is -0.382 e. The summed E-state index contributed by atoms with van der Waals surface area (Å²) in [5.74, 6) is 0. The summed E-state index contributed by atoms with van der Waals surface area (Å²) in [5, 5.41) is 13.1. The normalized spacial score (nSPS) is 19.5. The summed E-state index contributed by atoms with van der Waals surface area (Å²) in [5.41, 5.74) is 2.18. The van der Waals surface area contributed by atoms with Gasteiger partial charge in [0, 0.05) is 13.1 Å². The van der Waals surface area contributed by atoms with Crippen molar-refractivity contribution >= 4 is 11.0 Å². The topological polar surface area (TPSA) is 60.9 Å². The number of H-pyrrole nitrogens is 1. The number of aromatic nitrogens is 2. The lowest BCUT2D eigenvalue weighted by Gasteiger charge is -2.38. The minimum atomic E-state index is -0.681. The molecule has 1 saturated heterocycles. The van der Waals surface area contributed by atoms with Crippen molar-refractivity contribution in [3.05, 3.63) is 30.1 Å². The average Bonchev–Trinajstić information content (AvgIpc) is 2.60. The predicted molar refractivity (Wildman–Crippen MR) is 52.9 cm³/mol. The largest absolute Gasteiger partial charge is 0.382 e. The van der Waals surface area contributed by atoms with Gasteiger partial charge in [-0.1, -0.05) is 6.07 Å². The van der Waals surface area contributed by atoms with Crippen LogP contribution in [0.1, 0.15) is 5.56 Å². The number of hydrogen-bond donors (Lipinski definition) is 3. The Morgan fingerprint density at radius 2 is 2.21 bits per heavy atom. The molecule has 2 heterocycles. The Morgan fingerprint density at radius 3 is 2.93 bits per heavy atom. The molecule has 0 spiro atoms. The molecule has 0 radical (unpaired) electrons. The molecular weight excluding hydrogens is 178 g/mol. The van der Waals surface area contributed by atoms with Gasteiger partial charge in [-0.2, -0.15) is 0 Å². The van der Waals surface area contributed by atoms with Crippen molar-refractivity contribution in [1.82, 2.24) is 15.3 Å². The van der Waals surface area contributed by atoms with Gasteiger partial charge >= 0.3 is 0 Å². The molecule has 0 unspecified atom stereocenters. The maximum atomic E-state index is 10.1. The highest BCUT2D eigenvalue weighted by molar-refractivity contribution is 5.75. The maximum absolute atomic E-state index is 10.1. The quantitative estimate of drug-likeness (QED) is 0.606. The molecule has 1 aromatic heterocycles. The van der Waals surface area contributed by atoms with Crippen molar-refractivity contribution in [2.45, 2.75) is 5.60 Å². The molecule has 2 aromatic rings. The summed E-state index contributed by atoms with van der Waals surface area (Å²) < 4.78 is 0. The number of rotatable bonds is 1. The highest BCUT2D eigenvalue weighted by Crippen LogP contribution is 2.26. The van der Waals surface area contributed by atoms with E-state index in [4.69, 9.17) is 0 Å². The van der Waals surface area contributed by atoms with Crippen LogP contribution in [0, 0.1) is 0 Å². The molecule has 72 valence electrons. The number of aromatic amines is 1. The monoisotopic (exact) mass is 189 g/mol. The van der Waals surface area contributed by atoms with Crippen molar-refractivity contribution in [1.29, 1.82) is 0 Å². The Kier molecular flexibility index (Phi) is 1.45. The van der Waals surface area contributed by atoms with Crippen LogP contribution < -0.4 is 5.32 Å². The SMILES string of the molecule is OC1(c2ccc3nc[nH]c3c2)CNC1. The van der Waals surface area contributed by atoms with Gasteiger partial charge < -0.3 is 15.4 Å². The first kappa shape index (κ1) is 7.96. The van der Waals surface area contributed by atoms with E-state index in [0.29, 0.717) is 13.1 Å². The smallest absolute Gasteiger partial charge is 0.114 e. The Balaban J connectivity index is 2.13. The third-order valence-electron chi connectivity index (χ3n) is 2.79. The first-order valence-corrected chi connectivity index (χ1v) is 4.65. The molecule has 1 aliphatic heterocycles. The molecule has 1 fully saturated rings. The second-order valence-electron chi connectivity index (χ2n) is 3.77. The highest BCUT2D eigenvalue weighted by Gasteiger charge is 2.36. The molecule has 4 nitrogen and oxygen atoms in total. The molecule has 3 N–H and O–H groups in total. The van der Waals surface area contributed by atoms with E-state index < -0.39 is 5.60 Å². The molecule has 1 aliphatic rings. The highest BCUT2D eigenvalue weighted by atomic mass is 16.3. The lowest BCUT2D eigenvalue weighted by atomic mass is 9.88. The van der Waals surface area contributed by atoms with Crippen LogP contribution in [0.3, 0.4) is 0 Å². The second-order valence-corrected chi connectivity index (χ2v) is 3.77. The van der Waals surface area contributed by atoms with Gasteiger partial charge in [0.25, 0.3) is 0 Å². The molecule has 0 aliphatic carbocycles. The van der Waals surface area contributed by atoms with Crippen molar-refractivity contribution < 1.29 is 5.11 Å². The van der Waals surface area contributed by atoms with Gasteiger partial charge in [0.15, 0.2) is 0 Å². The molecule has 4 heteroatoms. The second kappa shape index (κ2) is 2.56. The molecule has 0 saturated carbocycles. The fourth-order valence-electron chi connectivity index (χ4n) is 1.79. The van der Waals surface area contributed by atoms with E-state index in [-0.39, 0.29) is 0 Å². The Labute approximate surface area is 81.0 Å². The van der Waals surface area contributed by atoms with Crippen LogP contribution in [-0.2, 0) is 5.60 Å². The van der Waals surface area contributed by atoms with Crippen LogP contribution in [0.2, 0.25) is 0 Å². The third-order valence-corrected chi connectivity index (χ3v) is 2.79. The molecule has 0 bridgehead atoms. The molecular formula is C10H11N3O. The Morgan fingerprint density at radius 1 is 1.36 bits per heavy atom. The van der Waals surface area contributed by atoms with Crippen LogP contribution >= 0.6 is 0 Å². The number of nitrogens with one attached hydrogen (secondary N) is 2. The van der Waals surface area contributed by atoms with E-state index >= 15 is 0 Å².